The first-order chi connectivity index (χ1) is 8.76. The van der Waals surface area contributed by atoms with Crippen LogP contribution in [0.4, 0.5) is 0 Å². The molecule has 0 saturated carbocycles. The minimum Gasteiger partial charge on any atom is -0.490 e. The number of pyridine rings is 1. The Morgan fingerprint density at radius 2 is 1.89 bits per heavy atom. The van der Waals surface area contributed by atoms with Gasteiger partial charge in [-0.3, -0.25) is 4.98 Å². The molecule has 1 heterocycles. The lowest BCUT2D eigenvalue weighted by Gasteiger charge is -2.36. The standard InChI is InChI=1S/C14H25NO3Si/c1-14(2,3)19(4,5)18-7-6-17-13-8-12(11-16)9-15-10-13/h8-10,16H,6-7,11H2,1-5H3. The fourth-order valence-corrected chi connectivity index (χ4v) is 2.33. The van der Waals surface area contributed by atoms with E-state index in [1.165, 1.54) is 0 Å². The van der Waals surface area contributed by atoms with E-state index in [2.05, 4.69) is 38.8 Å². The van der Waals surface area contributed by atoms with E-state index in [1.807, 2.05) is 0 Å². The van der Waals surface area contributed by atoms with Crippen LogP contribution in [0.1, 0.15) is 26.3 Å². The average Bonchev–Trinajstić information content (AvgIpc) is 2.33. The lowest BCUT2D eigenvalue weighted by Crippen LogP contribution is -2.41. The van der Waals surface area contributed by atoms with E-state index in [4.69, 9.17) is 14.3 Å². The van der Waals surface area contributed by atoms with Gasteiger partial charge in [0.15, 0.2) is 8.32 Å². The molecule has 1 aromatic heterocycles. The summed E-state index contributed by atoms with van der Waals surface area (Å²) >= 11 is 0. The Morgan fingerprint density at radius 3 is 2.47 bits per heavy atom. The van der Waals surface area contributed by atoms with Crippen molar-refractivity contribution in [2.45, 2.75) is 45.5 Å². The molecule has 0 aromatic carbocycles. The summed E-state index contributed by atoms with van der Waals surface area (Å²) in [7, 11) is -1.70. The summed E-state index contributed by atoms with van der Waals surface area (Å²) in [5.41, 5.74) is 0.753. The summed E-state index contributed by atoms with van der Waals surface area (Å²) in [5.74, 6) is 0.672. The zero-order chi connectivity index (χ0) is 14.5. The summed E-state index contributed by atoms with van der Waals surface area (Å²) < 4.78 is 11.6. The first-order valence-electron chi connectivity index (χ1n) is 6.58. The van der Waals surface area contributed by atoms with E-state index in [0.717, 1.165) is 5.56 Å². The molecular formula is C14H25NO3Si. The van der Waals surface area contributed by atoms with E-state index in [-0.39, 0.29) is 11.6 Å². The van der Waals surface area contributed by atoms with Crippen molar-refractivity contribution in [3.8, 4) is 5.75 Å². The largest absolute Gasteiger partial charge is 0.490 e. The zero-order valence-electron chi connectivity index (χ0n) is 12.6. The normalized spacial score (nSPS) is 12.5. The van der Waals surface area contributed by atoms with Crippen LogP contribution in [-0.4, -0.2) is 31.6 Å². The van der Waals surface area contributed by atoms with Crippen LogP contribution in [0.15, 0.2) is 18.5 Å². The monoisotopic (exact) mass is 283 g/mol. The van der Waals surface area contributed by atoms with Gasteiger partial charge in [0.25, 0.3) is 0 Å². The summed E-state index contributed by atoms with van der Waals surface area (Å²) in [6, 6.07) is 1.79. The Morgan fingerprint density at radius 1 is 1.21 bits per heavy atom. The van der Waals surface area contributed by atoms with E-state index in [1.54, 1.807) is 18.5 Å². The van der Waals surface area contributed by atoms with E-state index >= 15 is 0 Å². The highest BCUT2D eigenvalue weighted by molar-refractivity contribution is 6.74. The third-order valence-corrected chi connectivity index (χ3v) is 8.11. The number of aromatic nitrogens is 1. The highest BCUT2D eigenvalue weighted by Crippen LogP contribution is 2.36. The molecule has 0 unspecified atom stereocenters. The Balaban J connectivity index is 2.39. The second-order valence-electron chi connectivity index (χ2n) is 6.14. The lowest BCUT2D eigenvalue weighted by atomic mass is 10.2. The summed E-state index contributed by atoms with van der Waals surface area (Å²) in [6.07, 6.45) is 3.27. The van der Waals surface area contributed by atoms with Gasteiger partial charge in [-0.15, -0.1) is 0 Å². The number of rotatable bonds is 6. The Bertz CT molecular complexity index is 402. The van der Waals surface area contributed by atoms with Crippen LogP contribution in [-0.2, 0) is 11.0 Å². The third kappa shape index (κ3) is 4.93. The number of nitrogens with zero attached hydrogens (tertiary/aromatic N) is 1. The molecule has 1 aromatic rings. The quantitative estimate of drug-likeness (QED) is 0.644. The zero-order valence-corrected chi connectivity index (χ0v) is 13.6. The Hall–Kier alpha value is -0.913. The molecule has 108 valence electrons. The second-order valence-corrected chi connectivity index (χ2v) is 11.0. The SMILES string of the molecule is CC(C)(C)[Si](C)(C)OCCOc1cncc(CO)c1. The van der Waals surface area contributed by atoms with Crippen molar-refractivity contribution in [2.75, 3.05) is 13.2 Å². The molecule has 0 saturated heterocycles. The minimum atomic E-state index is -1.70. The molecule has 1 N–H and O–H groups in total. The molecule has 0 radical (unpaired) electrons. The number of ether oxygens (including phenoxy) is 1. The molecular weight excluding hydrogens is 258 g/mol. The van der Waals surface area contributed by atoms with Crippen molar-refractivity contribution in [3.63, 3.8) is 0 Å². The average molecular weight is 283 g/mol. The highest BCUT2D eigenvalue weighted by Gasteiger charge is 2.36. The van der Waals surface area contributed by atoms with Crippen molar-refractivity contribution >= 4 is 8.32 Å². The van der Waals surface area contributed by atoms with Crippen LogP contribution in [0.2, 0.25) is 18.1 Å². The van der Waals surface area contributed by atoms with Crippen molar-refractivity contribution in [2.24, 2.45) is 0 Å². The van der Waals surface area contributed by atoms with Gasteiger partial charge in [0.1, 0.15) is 12.4 Å². The van der Waals surface area contributed by atoms with Crippen LogP contribution in [0.5, 0.6) is 5.75 Å². The summed E-state index contributed by atoms with van der Waals surface area (Å²) in [4.78, 5) is 4.01. The molecule has 0 fully saturated rings. The van der Waals surface area contributed by atoms with Crippen LogP contribution in [0.25, 0.3) is 0 Å². The van der Waals surface area contributed by atoms with Gasteiger partial charge < -0.3 is 14.3 Å². The predicted octanol–water partition coefficient (Wildman–Crippen LogP) is 2.97. The van der Waals surface area contributed by atoms with Crippen LogP contribution >= 0.6 is 0 Å². The van der Waals surface area contributed by atoms with Gasteiger partial charge in [-0.25, -0.2) is 0 Å². The fourth-order valence-electron chi connectivity index (χ4n) is 1.30. The van der Waals surface area contributed by atoms with Gasteiger partial charge in [-0.05, 0) is 29.8 Å². The van der Waals surface area contributed by atoms with E-state index in [0.29, 0.717) is 19.0 Å². The Labute approximate surface area is 116 Å². The number of aliphatic hydroxyl groups is 1. The molecule has 0 aliphatic rings. The molecule has 0 aliphatic carbocycles. The smallest absolute Gasteiger partial charge is 0.192 e. The van der Waals surface area contributed by atoms with Crippen LogP contribution in [0.3, 0.4) is 0 Å². The van der Waals surface area contributed by atoms with Crippen molar-refractivity contribution in [3.05, 3.63) is 24.0 Å². The molecule has 0 aliphatic heterocycles. The number of hydrogen-bond acceptors (Lipinski definition) is 4. The van der Waals surface area contributed by atoms with Gasteiger partial charge in [0.2, 0.25) is 0 Å². The van der Waals surface area contributed by atoms with Crippen LogP contribution in [0, 0.1) is 0 Å². The summed E-state index contributed by atoms with van der Waals surface area (Å²) in [5, 5.41) is 9.23. The maximum atomic E-state index is 9.02. The molecule has 0 amide bonds. The number of hydrogen-bond donors (Lipinski definition) is 1. The first-order valence-corrected chi connectivity index (χ1v) is 9.48. The molecule has 5 heteroatoms. The van der Waals surface area contributed by atoms with Gasteiger partial charge in [-0.1, -0.05) is 20.8 Å². The van der Waals surface area contributed by atoms with Gasteiger partial charge in [0.05, 0.1) is 19.4 Å². The number of aliphatic hydroxyl groups excluding tert-OH is 1. The predicted molar refractivity (Wildman–Crippen MR) is 78.8 cm³/mol. The highest BCUT2D eigenvalue weighted by atomic mass is 28.4. The van der Waals surface area contributed by atoms with Crippen LogP contribution < -0.4 is 4.74 Å². The lowest BCUT2D eigenvalue weighted by molar-refractivity contribution is 0.202. The minimum absolute atomic E-state index is 0.0231. The van der Waals surface area contributed by atoms with E-state index < -0.39 is 8.32 Å². The van der Waals surface area contributed by atoms with Crippen molar-refractivity contribution in [1.29, 1.82) is 0 Å². The fraction of sp³-hybridized carbons (Fsp3) is 0.643. The molecule has 1 rings (SSSR count). The van der Waals surface area contributed by atoms with Crippen molar-refractivity contribution in [1.82, 2.24) is 4.98 Å². The molecule has 0 bridgehead atoms. The summed E-state index contributed by atoms with van der Waals surface area (Å²) in [6.45, 7) is 12.2. The molecule has 19 heavy (non-hydrogen) atoms. The van der Waals surface area contributed by atoms with Gasteiger partial charge in [-0.2, -0.15) is 0 Å². The molecule has 0 atom stereocenters. The molecule has 0 spiro atoms. The molecule has 4 nitrogen and oxygen atoms in total. The topological polar surface area (TPSA) is 51.6 Å². The first kappa shape index (κ1) is 16.1. The van der Waals surface area contributed by atoms with Gasteiger partial charge in [0, 0.05) is 6.20 Å². The second kappa shape index (κ2) is 6.50. The Kier molecular flexibility index (Phi) is 5.52. The third-order valence-electron chi connectivity index (χ3n) is 3.57. The maximum Gasteiger partial charge on any atom is 0.192 e. The van der Waals surface area contributed by atoms with E-state index in [9.17, 15) is 0 Å². The maximum absolute atomic E-state index is 9.02. The van der Waals surface area contributed by atoms with Gasteiger partial charge >= 0.3 is 0 Å². The van der Waals surface area contributed by atoms with Crippen molar-refractivity contribution < 1.29 is 14.3 Å².